The minimum absolute atomic E-state index is 0.492. The summed E-state index contributed by atoms with van der Waals surface area (Å²) in [6.07, 6.45) is 5.30. The first kappa shape index (κ1) is 11.3. The molecule has 0 aromatic rings. The normalized spacial score (nSPS) is 30.6. The van der Waals surface area contributed by atoms with E-state index in [1.54, 1.807) is 0 Å². The van der Waals surface area contributed by atoms with Crippen LogP contribution in [0, 0.1) is 0 Å². The largest absolute Gasteiger partial charge is 0.378 e. The van der Waals surface area contributed by atoms with Crippen molar-refractivity contribution in [3.05, 3.63) is 0 Å². The highest BCUT2D eigenvalue weighted by atomic mass is 32.2. The summed E-state index contributed by atoms with van der Waals surface area (Å²) >= 11 is 1.89. The number of amidine groups is 1. The first-order chi connectivity index (χ1) is 7.38. The van der Waals surface area contributed by atoms with Gasteiger partial charge in [0.05, 0.1) is 12.6 Å². The van der Waals surface area contributed by atoms with Crippen molar-refractivity contribution in [1.29, 1.82) is 0 Å². The number of ether oxygens (including phenoxy) is 1. The maximum atomic E-state index is 5.57. The van der Waals surface area contributed by atoms with Crippen LogP contribution >= 0.6 is 11.8 Å². The molecular weight excluding hydrogens is 208 g/mol. The molecule has 2 unspecified atom stereocenters. The van der Waals surface area contributed by atoms with Crippen LogP contribution in [0.3, 0.4) is 0 Å². The van der Waals surface area contributed by atoms with Crippen molar-refractivity contribution in [1.82, 2.24) is 5.32 Å². The molecule has 15 heavy (non-hydrogen) atoms. The van der Waals surface area contributed by atoms with E-state index < -0.39 is 0 Å². The molecule has 2 rings (SSSR count). The molecule has 4 heteroatoms. The van der Waals surface area contributed by atoms with Crippen LogP contribution in [0.2, 0.25) is 0 Å². The average molecular weight is 228 g/mol. The van der Waals surface area contributed by atoms with Crippen molar-refractivity contribution in [2.24, 2.45) is 4.99 Å². The molecule has 2 atom stereocenters. The fourth-order valence-corrected chi connectivity index (χ4v) is 2.91. The van der Waals surface area contributed by atoms with Crippen molar-refractivity contribution in [2.45, 2.75) is 44.0 Å². The molecule has 0 bridgehead atoms. The quantitative estimate of drug-likeness (QED) is 0.799. The molecule has 1 fully saturated rings. The SMILES string of the molecule is CCC1CN=C(NCCC2CCCO2)S1. The standard InChI is InChI=1S/C11H20N2OS/c1-2-10-8-13-11(15-10)12-6-5-9-4-3-7-14-9/h9-10H,2-8H2,1H3,(H,12,13). The molecule has 0 amide bonds. The Morgan fingerprint density at radius 1 is 1.60 bits per heavy atom. The van der Waals surface area contributed by atoms with E-state index in [4.69, 9.17) is 4.74 Å². The van der Waals surface area contributed by atoms with E-state index in [0.717, 1.165) is 31.3 Å². The number of hydrogen-bond donors (Lipinski definition) is 1. The summed E-state index contributed by atoms with van der Waals surface area (Å²) in [6.45, 7) is 5.18. The lowest BCUT2D eigenvalue weighted by Gasteiger charge is -2.10. The molecule has 0 aliphatic carbocycles. The van der Waals surface area contributed by atoms with Crippen molar-refractivity contribution in [3.63, 3.8) is 0 Å². The highest BCUT2D eigenvalue weighted by molar-refractivity contribution is 8.14. The number of aliphatic imine (C=N–C) groups is 1. The van der Waals surface area contributed by atoms with Gasteiger partial charge in [0.2, 0.25) is 0 Å². The zero-order valence-corrected chi connectivity index (χ0v) is 10.2. The third-order valence-corrected chi connectivity index (χ3v) is 4.25. The monoisotopic (exact) mass is 228 g/mol. The smallest absolute Gasteiger partial charge is 0.156 e. The van der Waals surface area contributed by atoms with Gasteiger partial charge in [0, 0.05) is 18.4 Å². The predicted molar refractivity (Wildman–Crippen MR) is 65.6 cm³/mol. The molecule has 86 valence electrons. The lowest BCUT2D eigenvalue weighted by atomic mass is 10.2. The van der Waals surface area contributed by atoms with Gasteiger partial charge in [-0.3, -0.25) is 4.99 Å². The van der Waals surface area contributed by atoms with Gasteiger partial charge in [-0.1, -0.05) is 18.7 Å². The van der Waals surface area contributed by atoms with Gasteiger partial charge in [-0.05, 0) is 25.7 Å². The average Bonchev–Trinajstić information content (AvgIpc) is 2.88. The van der Waals surface area contributed by atoms with Crippen molar-refractivity contribution >= 4 is 16.9 Å². The van der Waals surface area contributed by atoms with E-state index in [1.165, 1.54) is 19.3 Å². The van der Waals surface area contributed by atoms with Gasteiger partial charge >= 0.3 is 0 Å². The van der Waals surface area contributed by atoms with Crippen LogP contribution in [0.25, 0.3) is 0 Å². The minimum Gasteiger partial charge on any atom is -0.378 e. The molecule has 0 spiro atoms. The topological polar surface area (TPSA) is 33.6 Å². The van der Waals surface area contributed by atoms with Crippen LogP contribution in [-0.2, 0) is 4.74 Å². The number of nitrogens with zero attached hydrogens (tertiary/aromatic N) is 1. The van der Waals surface area contributed by atoms with E-state index in [1.807, 2.05) is 11.8 Å². The van der Waals surface area contributed by atoms with Crippen LogP contribution in [0.15, 0.2) is 4.99 Å². The highest BCUT2D eigenvalue weighted by Gasteiger charge is 2.18. The Balaban J connectivity index is 1.58. The van der Waals surface area contributed by atoms with E-state index in [9.17, 15) is 0 Å². The van der Waals surface area contributed by atoms with Gasteiger partial charge in [-0.15, -0.1) is 0 Å². The molecule has 2 aliphatic heterocycles. The lowest BCUT2D eigenvalue weighted by Crippen LogP contribution is -2.24. The number of nitrogens with one attached hydrogen (secondary N) is 1. The van der Waals surface area contributed by atoms with Crippen molar-refractivity contribution < 1.29 is 4.74 Å². The molecule has 1 saturated heterocycles. The van der Waals surface area contributed by atoms with Gasteiger partial charge in [-0.25, -0.2) is 0 Å². The maximum absolute atomic E-state index is 5.57. The van der Waals surface area contributed by atoms with Crippen LogP contribution in [0.4, 0.5) is 0 Å². The van der Waals surface area contributed by atoms with E-state index in [0.29, 0.717) is 11.4 Å². The second kappa shape index (κ2) is 5.75. The summed E-state index contributed by atoms with van der Waals surface area (Å²) in [6, 6.07) is 0. The second-order valence-corrected chi connectivity index (χ2v) is 5.43. The summed E-state index contributed by atoms with van der Waals surface area (Å²) in [4.78, 5) is 4.48. The Labute approximate surface area is 96.1 Å². The summed E-state index contributed by atoms with van der Waals surface area (Å²) in [7, 11) is 0. The van der Waals surface area contributed by atoms with Gasteiger partial charge < -0.3 is 10.1 Å². The van der Waals surface area contributed by atoms with Crippen LogP contribution in [0.1, 0.15) is 32.6 Å². The minimum atomic E-state index is 0.492. The number of thioether (sulfide) groups is 1. The zero-order chi connectivity index (χ0) is 10.5. The third-order valence-electron chi connectivity index (χ3n) is 2.94. The molecular formula is C11H20N2OS. The second-order valence-electron chi connectivity index (χ2n) is 4.14. The van der Waals surface area contributed by atoms with E-state index >= 15 is 0 Å². The Hall–Kier alpha value is -0.220. The molecule has 3 nitrogen and oxygen atoms in total. The fraction of sp³-hybridized carbons (Fsp3) is 0.909. The summed E-state index contributed by atoms with van der Waals surface area (Å²) in [5, 5.41) is 5.25. The highest BCUT2D eigenvalue weighted by Crippen LogP contribution is 2.22. The summed E-state index contributed by atoms with van der Waals surface area (Å²) in [5.41, 5.74) is 0. The Morgan fingerprint density at radius 2 is 2.53 bits per heavy atom. The summed E-state index contributed by atoms with van der Waals surface area (Å²) in [5.74, 6) is 0. The van der Waals surface area contributed by atoms with Crippen LogP contribution in [0.5, 0.6) is 0 Å². The van der Waals surface area contributed by atoms with Crippen LogP contribution in [-0.4, -0.2) is 36.2 Å². The van der Waals surface area contributed by atoms with Gasteiger partial charge in [0.1, 0.15) is 0 Å². The van der Waals surface area contributed by atoms with Crippen molar-refractivity contribution in [2.75, 3.05) is 19.7 Å². The number of hydrogen-bond acceptors (Lipinski definition) is 4. The Bertz CT molecular complexity index is 227. The Morgan fingerprint density at radius 3 is 3.20 bits per heavy atom. The van der Waals surface area contributed by atoms with Crippen LogP contribution < -0.4 is 5.32 Å². The first-order valence-corrected chi connectivity index (χ1v) is 6.83. The molecule has 1 N–H and O–H groups in total. The molecule has 0 aromatic heterocycles. The zero-order valence-electron chi connectivity index (χ0n) is 9.37. The van der Waals surface area contributed by atoms with E-state index in [2.05, 4.69) is 17.2 Å². The lowest BCUT2D eigenvalue weighted by molar-refractivity contribution is 0.105. The first-order valence-electron chi connectivity index (χ1n) is 5.95. The summed E-state index contributed by atoms with van der Waals surface area (Å²) < 4.78 is 5.57. The van der Waals surface area contributed by atoms with E-state index in [-0.39, 0.29) is 0 Å². The third kappa shape index (κ3) is 3.38. The van der Waals surface area contributed by atoms with Gasteiger partial charge in [0.25, 0.3) is 0 Å². The molecule has 0 radical (unpaired) electrons. The Kier molecular flexibility index (Phi) is 4.32. The molecule has 0 saturated carbocycles. The maximum Gasteiger partial charge on any atom is 0.156 e. The molecule has 2 aliphatic rings. The predicted octanol–water partition coefficient (Wildman–Crippen LogP) is 2.03. The molecule has 0 aromatic carbocycles. The van der Waals surface area contributed by atoms with Gasteiger partial charge in [0.15, 0.2) is 5.17 Å². The fourth-order valence-electron chi connectivity index (χ4n) is 1.94. The molecule has 2 heterocycles. The number of rotatable bonds is 4. The van der Waals surface area contributed by atoms with Gasteiger partial charge in [-0.2, -0.15) is 0 Å². The van der Waals surface area contributed by atoms with Crippen molar-refractivity contribution in [3.8, 4) is 0 Å².